The molecule has 0 aliphatic carbocycles. The van der Waals surface area contributed by atoms with Crippen molar-refractivity contribution in [2.75, 3.05) is 19.6 Å². The van der Waals surface area contributed by atoms with E-state index in [1.165, 1.54) is 25.9 Å². The maximum Gasteiger partial charge on any atom is 0.0638 e. The van der Waals surface area contributed by atoms with E-state index < -0.39 is 0 Å². The van der Waals surface area contributed by atoms with E-state index in [-0.39, 0.29) is 0 Å². The van der Waals surface area contributed by atoms with Gasteiger partial charge in [0.25, 0.3) is 0 Å². The van der Waals surface area contributed by atoms with Gasteiger partial charge in [-0.3, -0.25) is 4.90 Å². The molecule has 2 heterocycles. The second-order valence-electron chi connectivity index (χ2n) is 4.63. The Balaban J connectivity index is 1.89. The average Bonchev–Trinajstić information content (AvgIpc) is 2.61. The Morgan fingerprint density at radius 2 is 2.43 bits per heavy atom. The van der Waals surface area contributed by atoms with Crippen LogP contribution in [0.1, 0.15) is 26.2 Å². The summed E-state index contributed by atoms with van der Waals surface area (Å²) in [7, 11) is 0. The minimum Gasteiger partial charge on any atom is -0.312 e. The van der Waals surface area contributed by atoms with Gasteiger partial charge in [-0.25, -0.2) is 0 Å². The minimum absolute atomic E-state index is 0.437. The number of nitrogens with one attached hydrogen (secondary N) is 1. The van der Waals surface area contributed by atoms with Crippen molar-refractivity contribution in [3.8, 4) is 6.07 Å². The normalized spacial score (nSPS) is 34.9. The second-order valence-corrected chi connectivity index (χ2v) is 4.63. The Morgan fingerprint density at radius 3 is 3.14 bits per heavy atom. The first kappa shape index (κ1) is 9.95. The fraction of sp³-hybridized carbons (Fsp3) is 0.909. The van der Waals surface area contributed by atoms with Gasteiger partial charge in [-0.1, -0.05) is 0 Å². The Kier molecular flexibility index (Phi) is 3.05. The van der Waals surface area contributed by atoms with Crippen molar-refractivity contribution in [2.24, 2.45) is 5.92 Å². The smallest absolute Gasteiger partial charge is 0.0638 e. The maximum atomic E-state index is 8.66. The zero-order valence-electron chi connectivity index (χ0n) is 8.87. The molecule has 14 heavy (non-hydrogen) atoms. The summed E-state index contributed by atoms with van der Waals surface area (Å²) in [5.74, 6) is 0.838. The predicted octanol–water partition coefficient (Wildman–Crippen LogP) is 0.972. The van der Waals surface area contributed by atoms with Crippen LogP contribution in [0.2, 0.25) is 0 Å². The number of fused-ring (bicyclic) bond motifs is 1. The molecular weight excluding hydrogens is 174 g/mol. The first-order valence-electron chi connectivity index (χ1n) is 5.65. The van der Waals surface area contributed by atoms with Crippen LogP contribution in [0.15, 0.2) is 0 Å². The SMILES string of the molecule is CC(CC#N)N1C[C@@H]2CCCN[C@@H]2C1. The van der Waals surface area contributed by atoms with E-state index in [1.807, 2.05) is 0 Å². The van der Waals surface area contributed by atoms with Gasteiger partial charge in [0.1, 0.15) is 0 Å². The molecule has 0 bridgehead atoms. The highest BCUT2D eigenvalue weighted by atomic mass is 15.2. The molecule has 3 atom stereocenters. The van der Waals surface area contributed by atoms with Crippen molar-refractivity contribution in [1.82, 2.24) is 10.2 Å². The molecule has 1 N–H and O–H groups in total. The topological polar surface area (TPSA) is 39.1 Å². The summed E-state index contributed by atoms with van der Waals surface area (Å²) in [6.07, 6.45) is 3.36. The summed E-state index contributed by atoms with van der Waals surface area (Å²) in [6, 6.07) is 3.40. The zero-order valence-corrected chi connectivity index (χ0v) is 8.87. The van der Waals surface area contributed by atoms with Gasteiger partial charge in [-0.2, -0.15) is 5.26 Å². The minimum atomic E-state index is 0.437. The van der Waals surface area contributed by atoms with E-state index in [4.69, 9.17) is 5.26 Å². The van der Waals surface area contributed by atoms with Crippen LogP contribution in [0.25, 0.3) is 0 Å². The van der Waals surface area contributed by atoms with E-state index >= 15 is 0 Å². The molecule has 1 unspecified atom stereocenters. The third-order valence-corrected chi connectivity index (χ3v) is 3.64. The average molecular weight is 193 g/mol. The van der Waals surface area contributed by atoms with Crippen LogP contribution < -0.4 is 5.32 Å². The van der Waals surface area contributed by atoms with Gasteiger partial charge in [0, 0.05) is 25.2 Å². The van der Waals surface area contributed by atoms with E-state index in [2.05, 4.69) is 23.2 Å². The molecule has 0 aromatic heterocycles. The standard InChI is InChI=1S/C11H19N3/c1-9(4-5-12)14-7-10-3-2-6-13-11(10)8-14/h9-11,13H,2-4,6-8H2,1H3/t9?,10-,11+/m0/s1. The Bertz CT molecular complexity index is 219. The Hall–Kier alpha value is -0.590. The maximum absolute atomic E-state index is 8.66. The van der Waals surface area contributed by atoms with Gasteiger partial charge in [0.05, 0.1) is 12.5 Å². The molecule has 2 rings (SSSR count). The number of rotatable bonds is 2. The van der Waals surface area contributed by atoms with Crippen LogP contribution in [0.3, 0.4) is 0 Å². The van der Waals surface area contributed by atoms with Gasteiger partial charge in [-0.15, -0.1) is 0 Å². The first-order chi connectivity index (χ1) is 6.81. The fourth-order valence-electron chi connectivity index (χ4n) is 2.70. The third kappa shape index (κ3) is 1.92. The quantitative estimate of drug-likeness (QED) is 0.710. The lowest BCUT2D eigenvalue weighted by molar-refractivity contribution is 0.250. The molecule has 0 amide bonds. The van der Waals surface area contributed by atoms with Crippen molar-refractivity contribution in [2.45, 2.75) is 38.3 Å². The summed E-state index contributed by atoms with van der Waals surface area (Å²) < 4.78 is 0. The summed E-state index contributed by atoms with van der Waals surface area (Å²) in [6.45, 7) is 5.69. The largest absolute Gasteiger partial charge is 0.312 e. The lowest BCUT2D eigenvalue weighted by Crippen LogP contribution is -2.41. The molecule has 2 fully saturated rings. The van der Waals surface area contributed by atoms with E-state index in [0.29, 0.717) is 18.5 Å². The number of hydrogen-bond donors (Lipinski definition) is 1. The second kappa shape index (κ2) is 4.29. The van der Waals surface area contributed by atoms with Gasteiger partial charge < -0.3 is 5.32 Å². The van der Waals surface area contributed by atoms with Crippen molar-refractivity contribution in [3.05, 3.63) is 0 Å². The molecule has 2 aliphatic rings. The molecule has 2 saturated heterocycles. The van der Waals surface area contributed by atoms with Crippen LogP contribution >= 0.6 is 0 Å². The Morgan fingerprint density at radius 1 is 1.57 bits per heavy atom. The highest BCUT2D eigenvalue weighted by molar-refractivity contribution is 4.94. The molecule has 0 aromatic carbocycles. The third-order valence-electron chi connectivity index (χ3n) is 3.64. The number of hydrogen-bond acceptors (Lipinski definition) is 3. The van der Waals surface area contributed by atoms with E-state index in [0.717, 1.165) is 12.5 Å². The summed E-state index contributed by atoms with van der Waals surface area (Å²) >= 11 is 0. The number of nitriles is 1. The molecule has 3 heteroatoms. The predicted molar refractivity (Wildman–Crippen MR) is 55.8 cm³/mol. The molecule has 78 valence electrons. The summed E-state index contributed by atoms with van der Waals surface area (Å²) in [4.78, 5) is 2.47. The van der Waals surface area contributed by atoms with Crippen molar-refractivity contribution < 1.29 is 0 Å². The first-order valence-corrected chi connectivity index (χ1v) is 5.65. The fourth-order valence-corrected chi connectivity index (χ4v) is 2.70. The number of nitrogens with zero attached hydrogens (tertiary/aromatic N) is 2. The van der Waals surface area contributed by atoms with Crippen molar-refractivity contribution >= 4 is 0 Å². The van der Waals surface area contributed by atoms with Crippen LogP contribution in [0.4, 0.5) is 0 Å². The van der Waals surface area contributed by atoms with Gasteiger partial charge in [0.15, 0.2) is 0 Å². The molecule has 2 aliphatic heterocycles. The monoisotopic (exact) mass is 193 g/mol. The highest BCUT2D eigenvalue weighted by Gasteiger charge is 2.35. The number of piperidine rings is 1. The van der Waals surface area contributed by atoms with Crippen LogP contribution in [0.5, 0.6) is 0 Å². The van der Waals surface area contributed by atoms with Gasteiger partial charge in [0.2, 0.25) is 0 Å². The lowest BCUT2D eigenvalue weighted by atomic mass is 9.94. The van der Waals surface area contributed by atoms with Crippen molar-refractivity contribution in [1.29, 1.82) is 5.26 Å². The molecule has 0 aromatic rings. The molecule has 0 spiro atoms. The molecular formula is C11H19N3. The summed E-state index contributed by atoms with van der Waals surface area (Å²) in [5, 5.41) is 12.2. The van der Waals surface area contributed by atoms with Gasteiger partial charge in [-0.05, 0) is 32.2 Å². The van der Waals surface area contributed by atoms with Crippen molar-refractivity contribution in [3.63, 3.8) is 0 Å². The Labute approximate surface area is 86.1 Å². The van der Waals surface area contributed by atoms with E-state index in [9.17, 15) is 0 Å². The molecule has 3 nitrogen and oxygen atoms in total. The molecule has 0 saturated carbocycles. The van der Waals surface area contributed by atoms with Gasteiger partial charge >= 0.3 is 0 Å². The molecule has 0 radical (unpaired) electrons. The highest BCUT2D eigenvalue weighted by Crippen LogP contribution is 2.26. The van der Waals surface area contributed by atoms with Crippen LogP contribution in [0, 0.1) is 17.2 Å². The van der Waals surface area contributed by atoms with Crippen LogP contribution in [-0.2, 0) is 0 Å². The summed E-state index contributed by atoms with van der Waals surface area (Å²) in [5.41, 5.74) is 0. The zero-order chi connectivity index (χ0) is 9.97. The van der Waals surface area contributed by atoms with E-state index in [1.54, 1.807) is 0 Å². The van der Waals surface area contributed by atoms with Crippen LogP contribution in [-0.4, -0.2) is 36.6 Å². The number of likely N-dealkylation sites (tertiary alicyclic amines) is 1. The lowest BCUT2D eigenvalue weighted by Gasteiger charge is -2.24.